The molecule has 16 heavy (non-hydrogen) atoms. The first-order chi connectivity index (χ1) is 7.68. The van der Waals surface area contributed by atoms with Gasteiger partial charge >= 0.3 is 0 Å². The molecular formula is C11H27NO3Si. The molecule has 0 rings (SSSR count). The van der Waals surface area contributed by atoms with Gasteiger partial charge in [-0.05, 0) is 39.7 Å². The summed E-state index contributed by atoms with van der Waals surface area (Å²) in [5.41, 5.74) is 5.06. The van der Waals surface area contributed by atoms with E-state index in [2.05, 4.69) is 0 Å². The normalized spacial score (nSPS) is 12.2. The van der Waals surface area contributed by atoms with Crippen LogP contribution in [-0.4, -0.2) is 48.6 Å². The van der Waals surface area contributed by atoms with Crippen molar-refractivity contribution >= 4 is 10.2 Å². The van der Waals surface area contributed by atoms with Crippen molar-refractivity contribution in [3.63, 3.8) is 0 Å². The minimum atomic E-state index is -0.319. The maximum Gasteiger partial charge on any atom is 0.141 e. The Bertz CT molecular complexity index is 152. The number of ether oxygens (including phenoxy) is 3. The zero-order valence-electron chi connectivity index (χ0n) is 11.0. The van der Waals surface area contributed by atoms with Crippen LogP contribution in [0.1, 0.15) is 33.1 Å². The largest absolute Gasteiger partial charge is 0.381 e. The molecule has 98 valence electrons. The van der Waals surface area contributed by atoms with Crippen LogP contribution in [0, 0.1) is 0 Å². The van der Waals surface area contributed by atoms with Gasteiger partial charge in [0.2, 0.25) is 0 Å². The molecule has 0 fully saturated rings. The van der Waals surface area contributed by atoms with Gasteiger partial charge in [-0.15, -0.1) is 0 Å². The maximum absolute atomic E-state index is 5.66. The highest BCUT2D eigenvalue weighted by Gasteiger charge is 2.23. The number of rotatable bonds is 11. The Morgan fingerprint density at radius 3 is 2.12 bits per heavy atom. The predicted molar refractivity (Wildman–Crippen MR) is 69.6 cm³/mol. The molecule has 0 saturated heterocycles. The van der Waals surface area contributed by atoms with Crippen LogP contribution < -0.4 is 5.73 Å². The lowest BCUT2D eigenvalue weighted by Crippen LogP contribution is -2.37. The highest BCUT2D eigenvalue weighted by Crippen LogP contribution is 2.16. The summed E-state index contributed by atoms with van der Waals surface area (Å²) in [6, 6.07) is 0. The Kier molecular flexibility index (Phi) is 10.3. The summed E-state index contributed by atoms with van der Waals surface area (Å²) in [5.74, 6) is 0. The predicted octanol–water partition coefficient (Wildman–Crippen LogP) is 0.224. The fourth-order valence-electron chi connectivity index (χ4n) is 1.58. The molecule has 0 atom stereocenters. The average molecular weight is 249 g/mol. The Balaban J connectivity index is 3.59. The summed E-state index contributed by atoms with van der Waals surface area (Å²) < 4.78 is 16.8. The lowest BCUT2D eigenvalue weighted by molar-refractivity contribution is -0.178. The second-order valence-electron chi connectivity index (χ2n) is 3.86. The van der Waals surface area contributed by atoms with Crippen molar-refractivity contribution in [2.24, 2.45) is 5.73 Å². The van der Waals surface area contributed by atoms with E-state index in [9.17, 15) is 0 Å². The molecule has 0 aromatic rings. The molecular weight excluding hydrogens is 222 g/mol. The van der Waals surface area contributed by atoms with E-state index in [1.807, 2.05) is 13.8 Å². The minimum Gasteiger partial charge on any atom is -0.381 e. The van der Waals surface area contributed by atoms with Crippen molar-refractivity contribution in [2.75, 3.05) is 33.0 Å². The zero-order chi connectivity index (χ0) is 12.3. The Hall–Kier alpha value is 0.0569. The quantitative estimate of drug-likeness (QED) is 0.323. The lowest BCUT2D eigenvalue weighted by atomic mass is 10.3. The van der Waals surface area contributed by atoms with Crippen LogP contribution in [0.2, 0.25) is 0 Å². The van der Waals surface area contributed by atoms with E-state index in [0.717, 1.165) is 42.7 Å². The minimum absolute atomic E-state index is 0.319. The van der Waals surface area contributed by atoms with Crippen LogP contribution in [0.3, 0.4) is 0 Å². The van der Waals surface area contributed by atoms with Crippen LogP contribution in [0.25, 0.3) is 0 Å². The molecule has 0 radical (unpaired) electrons. The third-order valence-corrected chi connectivity index (χ3v) is 3.39. The van der Waals surface area contributed by atoms with Gasteiger partial charge in [-0.2, -0.15) is 0 Å². The highest BCUT2D eigenvalue weighted by atomic mass is 28.1. The van der Waals surface area contributed by atoms with E-state index in [1.165, 1.54) is 0 Å². The van der Waals surface area contributed by atoms with Gasteiger partial charge in [-0.1, -0.05) is 0 Å². The molecule has 0 aromatic carbocycles. The van der Waals surface area contributed by atoms with Gasteiger partial charge in [-0.3, -0.25) is 0 Å². The van der Waals surface area contributed by atoms with Crippen LogP contribution in [0.4, 0.5) is 0 Å². The number of hydrogen-bond acceptors (Lipinski definition) is 4. The molecule has 0 aliphatic rings. The number of hydrogen-bond donors (Lipinski definition) is 1. The Morgan fingerprint density at radius 1 is 1.06 bits per heavy atom. The summed E-state index contributed by atoms with van der Waals surface area (Å²) in [5, 5.41) is 0. The Labute approximate surface area is 102 Å². The van der Waals surface area contributed by atoms with Crippen molar-refractivity contribution in [1.29, 1.82) is 0 Å². The van der Waals surface area contributed by atoms with Gasteiger partial charge in [0.25, 0.3) is 0 Å². The van der Waals surface area contributed by atoms with Gasteiger partial charge in [0.1, 0.15) is 5.41 Å². The molecule has 0 aliphatic carbocycles. The van der Waals surface area contributed by atoms with E-state index in [-0.39, 0.29) is 5.41 Å². The average Bonchev–Trinajstić information content (AvgIpc) is 2.24. The van der Waals surface area contributed by atoms with Gasteiger partial charge in [0.05, 0.1) is 10.2 Å². The molecule has 0 saturated carbocycles. The fourth-order valence-corrected chi connectivity index (χ4v) is 2.51. The smallest absolute Gasteiger partial charge is 0.141 e. The molecule has 4 nitrogen and oxygen atoms in total. The second kappa shape index (κ2) is 10.2. The SMILES string of the molecule is CCOC([SiH3])(CCCOCCCN)OCC. The first-order valence-electron chi connectivity index (χ1n) is 6.24. The lowest BCUT2D eigenvalue weighted by Gasteiger charge is -2.29. The van der Waals surface area contributed by atoms with E-state index >= 15 is 0 Å². The second-order valence-corrected chi connectivity index (χ2v) is 5.38. The molecule has 0 aliphatic heterocycles. The van der Waals surface area contributed by atoms with Crippen LogP contribution >= 0.6 is 0 Å². The van der Waals surface area contributed by atoms with E-state index in [0.29, 0.717) is 19.8 Å². The molecule has 5 heteroatoms. The zero-order valence-corrected chi connectivity index (χ0v) is 13.0. The van der Waals surface area contributed by atoms with Gasteiger partial charge in [0.15, 0.2) is 0 Å². The fraction of sp³-hybridized carbons (Fsp3) is 1.00. The van der Waals surface area contributed by atoms with Crippen LogP contribution in [0.15, 0.2) is 0 Å². The summed E-state index contributed by atoms with van der Waals surface area (Å²) in [4.78, 5) is 0. The first kappa shape index (κ1) is 16.1. The van der Waals surface area contributed by atoms with Crippen molar-refractivity contribution in [2.45, 2.75) is 38.5 Å². The van der Waals surface area contributed by atoms with Crippen LogP contribution in [0.5, 0.6) is 0 Å². The summed E-state index contributed by atoms with van der Waals surface area (Å²) in [7, 11) is 0.888. The van der Waals surface area contributed by atoms with Gasteiger partial charge < -0.3 is 19.9 Å². The molecule has 2 N–H and O–H groups in total. The molecule has 0 amide bonds. The first-order valence-corrected chi connectivity index (χ1v) is 7.24. The molecule has 0 heterocycles. The topological polar surface area (TPSA) is 53.7 Å². The molecule has 0 aromatic heterocycles. The van der Waals surface area contributed by atoms with E-state index in [4.69, 9.17) is 19.9 Å². The van der Waals surface area contributed by atoms with Crippen LogP contribution in [-0.2, 0) is 14.2 Å². The summed E-state index contributed by atoms with van der Waals surface area (Å²) >= 11 is 0. The molecule has 0 bridgehead atoms. The third kappa shape index (κ3) is 8.24. The summed E-state index contributed by atoms with van der Waals surface area (Å²) in [6.07, 6.45) is 2.83. The van der Waals surface area contributed by atoms with Gasteiger partial charge in [-0.25, -0.2) is 0 Å². The standard InChI is InChI=1S/C11H27NO3Si/c1-3-14-11(16,15-4-2)7-5-9-13-10-6-8-12/h3-10,12H2,1-2,16H3. The van der Waals surface area contributed by atoms with Crippen molar-refractivity contribution in [1.82, 2.24) is 0 Å². The maximum atomic E-state index is 5.66. The van der Waals surface area contributed by atoms with Gasteiger partial charge in [0, 0.05) is 26.4 Å². The molecule has 0 spiro atoms. The van der Waals surface area contributed by atoms with E-state index in [1.54, 1.807) is 0 Å². The summed E-state index contributed by atoms with van der Waals surface area (Å²) in [6.45, 7) is 7.64. The Morgan fingerprint density at radius 2 is 1.62 bits per heavy atom. The third-order valence-electron chi connectivity index (χ3n) is 2.31. The van der Waals surface area contributed by atoms with E-state index < -0.39 is 0 Å². The number of nitrogens with two attached hydrogens (primary N) is 1. The highest BCUT2D eigenvalue weighted by molar-refractivity contribution is 6.13. The monoisotopic (exact) mass is 249 g/mol. The van der Waals surface area contributed by atoms with Crippen molar-refractivity contribution in [3.05, 3.63) is 0 Å². The van der Waals surface area contributed by atoms with Crippen molar-refractivity contribution in [3.8, 4) is 0 Å². The van der Waals surface area contributed by atoms with Crippen molar-refractivity contribution < 1.29 is 14.2 Å². The molecule has 0 unspecified atom stereocenters.